The van der Waals surface area contributed by atoms with Crippen LogP contribution in [0, 0.1) is 0 Å². The largest absolute Gasteiger partial charge is 0.241 e. The zero-order valence-electron chi connectivity index (χ0n) is 10.0. The molecule has 1 aliphatic rings. The van der Waals surface area contributed by atoms with E-state index in [9.17, 15) is 0 Å². The summed E-state index contributed by atoms with van der Waals surface area (Å²) in [6.45, 7) is 0. The molecule has 0 aliphatic heterocycles. The van der Waals surface area contributed by atoms with E-state index in [2.05, 4.69) is 15.0 Å². The van der Waals surface area contributed by atoms with E-state index in [1.54, 1.807) is 28.2 Å². The highest BCUT2D eigenvalue weighted by atomic mass is 35.5. The Morgan fingerprint density at radius 1 is 1.16 bits per heavy atom. The van der Waals surface area contributed by atoms with Crippen LogP contribution in [0.25, 0.3) is 21.7 Å². The van der Waals surface area contributed by atoms with Gasteiger partial charge in [-0.15, -0.1) is 22.7 Å². The van der Waals surface area contributed by atoms with Gasteiger partial charge in [0.05, 0.1) is 10.9 Å². The second-order valence-electron chi connectivity index (χ2n) is 4.60. The second-order valence-corrected chi connectivity index (χ2v) is 6.76. The normalized spacial score (nSPS) is 14.8. The number of thiophene rings is 1. The van der Waals surface area contributed by atoms with Crippen molar-refractivity contribution in [3.63, 3.8) is 0 Å². The van der Waals surface area contributed by atoms with Crippen LogP contribution in [-0.2, 0) is 12.8 Å². The molecule has 0 spiro atoms. The van der Waals surface area contributed by atoms with Gasteiger partial charge in [0.25, 0.3) is 0 Å². The zero-order chi connectivity index (χ0) is 12.8. The van der Waals surface area contributed by atoms with Gasteiger partial charge in [-0.25, -0.2) is 15.0 Å². The van der Waals surface area contributed by atoms with Crippen LogP contribution < -0.4 is 0 Å². The summed E-state index contributed by atoms with van der Waals surface area (Å²) in [5, 5.41) is 3.60. The van der Waals surface area contributed by atoms with Crippen molar-refractivity contribution in [2.45, 2.75) is 25.7 Å². The van der Waals surface area contributed by atoms with Crippen molar-refractivity contribution < 1.29 is 0 Å². The Morgan fingerprint density at radius 2 is 2.05 bits per heavy atom. The first-order valence-corrected chi connectivity index (χ1v) is 8.33. The maximum absolute atomic E-state index is 6.39. The van der Waals surface area contributed by atoms with Crippen LogP contribution in [0.5, 0.6) is 0 Å². The number of aromatic nitrogens is 3. The highest BCUT2D eigenvalue weighted by Crippen LogP contribution is 2.39. The summed E-state index contributed by atoms with van der Waals surface area (Å²) >= 11 is 9.70. The van der Waals surface area contributed by atoms with Gasteiger partial charge in [0.1, 0.15) is 15.7 Å². The summed E-state index contributed by atoms with van der Waals surface area (Å²) in [6.07, 6.45) is 4.76. The van der Waals surface area contributed by atoms with Gasteiger partial charge in [0.2, 0.25) is 0 Å². The molecule has 0 amide bonds. The van der Waals surface area contributed by atoms with E-state index in [1.807, 2.05) is 5.38 Å². The van der Waals surface area contributed by atoms with Crippen molar-refractivity contribution in [1.29, 1.82) is 0 Å². The Hall–Kier alpha value is -1.04. The molecule has 6 heteroatoms. The number of nitrogens with zero attached hydrogens (tertiary/aromatic N) is 3. The summed E-state index contributed by atoms with van der Waals surface area (Å²) in [4.78, 5) is 15.8. The molecule has 0 aromatic carbocycles. The lowest BCUT2D eigenvalue weighted by molar-refractivity contribution is 0.700. The smallest absolute Gasteiger partial charge is 0.181 e. The van der Waals surface area contributed by atoms with E-state index in [0.717, 1.165) is 28.8 Å². The molecule has 4 rings (SSSR count). The number of aryl methyl sites for hydroxylation is 2. The maximum atomic E-state index is 6.39. The average Bonchev–Trinajstić information content (AvgIpc) is 3.05. The highest BCUT2D eigenvalue weighted by molar-refractivity contribution is 7.19. The number of thiazole rings is 1. The molecule has 0 fully saturated rings. The van der Waals surface area contributed by atoms with Gasteiger partial charge in [-0.2, -0.15) is 0 Å². The molecule has 3 heterocycles. The van der Waals surface area contributed by atoms with Gasteiger partial charge in [0.15, 0.2) is 5.82 Å². The Balaban J connectivity index is 1.98. The van der Waals surface area contributed by atoms with E-state index in [0.29, 0.717) is 11.0 Å². The quantitative estimate of drug-likeness (QED) is 0.627. The molecule has 3 aromatic rings. The van der Waals surface area contributed by atoms with Crippen molar-refractivity contribution >= 4 is 44.5 Å². The number of fused-ring (bicyclic) bond motifs is 3. The predicted molar refractivity (Wildman–Crippen MR) is 80.2 cm³/mol. The standard InChI is InChI=1S/C13H10ClN3S2/c14-11-10-7-3-1-2-4-9(7)19-13(10)17-12(16-11)8-5-18-6-15-8/h5-6H,1-4H2. The minimum absolute atomic E-state index is 0.576. The first kappa shape index (κ1) is 11.8. The monoisotopic (exact) mass is 307 g/mol. The lowest BCUT2D eigenvalue weighted by Gasteiger charge is -2.10. The first-order chi connectivity index (χ1) is 9.33. The third-order valence-electron chi connectivity index (χ3n) is 3.43. The summed E-state index contributed by atoms with van der Waals surface area (Å²) in [7, 11) is 0. The van der Waals surface area contributed by atoms with Crippen molar-refractivity contribution in [2.24, 2.45) is 0 Å². The van der Waals surface area contributed by atoms with Crippen LogP contribution in [0.15, 0.2) is 10.9 Å². The molecule has 3 aromatic heterocycles. The summed E-state index contributed by atoms with van der Waals surface area (Å²) < 4.78 is 0. The van der Waals surface area contributed by atoms with E-state index in [1.165, 1.54) is 23.3 Å². The van der Waals surface area contributed by atoms with Gasteiger partial charge in [0, 0.05) is 10.3 Å². The van der Waals surface area contributed by atoms with Crippen molar-refractivity contribution in [2.75, 3.05) is 0 Å². The van der Waals surface area contributed by atoms with Gasteiger partial charge in [-0.1, -0.05) is 11.6 Å². The van der Waals surface area contributed by atoms with Crippen molar-refractivity contribution in [3.05, 3.63) is 26.5 Å². The van der Waals surface area contributed by atoms with Crippen molar-refractivity contribution in [3.8, 4) is 11.5 Å². The first-order valence-electron chi connectivity index (χ1n) is 6.19. The van der Waals surface area contributed by atoms with Crippen LogP contribution in [0.3, 0.4) is 0 Å². The number of hydrogen-bond acceptors (Lipinski definition) is 5. The molecule has 0 N–H and O–H groups in total. The Morgan fingerprint density at radius 3 is 2.89 bits per heavy atom. The molecule has 0 saturated heterocycles. The third-order valence-corrected chi connectivity index (χ3v) is 5.48. The topological polar surface area (TPSA) is 38.7 Å². The van der Waals surface area contributed by atoms with Gasteiger partial charge in [-0.3, -0.25) is 0 Å². The van der Waals surface area contributed by atoms with Gasteiger partial charge >= 0.3 is 0 Å². The molecule has 19 heavy (non-hydrogen) atoms. The molecular weight excluding hydrogens is 298 g/mol. The van der Waals surface area contributed by atoms with Gasteiger partial charge < -0.3 is 0 Å². The average molecular weight is 308 g/mol. The summed E-state index contributed by atoms with van der Waals surface area (Å²) in [6, 6.07) is 0. The third kappa shape index (κ3) is 1.88. The Labute approximate surface area is 123 Å². The lowest BCUT2D eigenvalue weighted by atomic mass is 9.97. The van der Waals surface area contributed by atoms with E-state index >= 15 is 0 Å². The molecule has 96 valence electrons. The van der Waals surface area contributed by atoms with Crippen LogP contribution in [-0.4, -0.2) is 15.0 Å². The van der Waals surface area contributed by atoms with Gasteiger partial charge in [-0.05, 0) is 31.2 Å². The van der Waals surface area contributed by atoms with Crippen LogP contribution in [0.4, 0.5) is 0 Å². The van der Waals surface area contributed by atoms with Crippen LogP contribution in [0.2, 0.25) is 5.15 Å². The predicted octanol–water partition coefficient (Wildman–Crippen LogP) is 4.35. The molecular formula is C13H10ClN3S2. The fraction of sp³-hybridized carbons (Fsp3) is 0.308. The SMILES string of the molecule is Clc1nc(-c2cscn2)nc2sc3c(c12)CCCC3. The molecule has 3 nitrogen and oxygen atoms in total. The molecule has 1 aliphatic carbocycles. The number of rotatable bonds is 1. The fourth-order valence-electron chi connectivity index (χ4n) is 2.55. The Bertz CT molecular complexity index is 749. The summed E-state index contributed by atoms with van der Waals surface area (Å²) in [5.41, 5.74) is 3.97. The van der Waals surface area contributed by atoms with E-state index in [-0.39, 0.29) is 0 Å². The fourth-order valence-corrected chi connectivity index (χ4v) is 4.68. The molecule has 0 saturated carbocycles. The highest BCUT2D eigenvalue weighted by Gasteiger charge is 2.20. The van der Waals surface area contributed by atoms with E-state index in [4.69, 9.17) is 11.6 Å². The number of hydrogen-bond donors (Lipinski definition) is 0. The Kier molecular flexibility index (Phi) is 2.79. The van der Waals surface area contributed by atoms with E-state index < -0.39 is 0 Å². The van der Waals surface area contributed by atoms with Crippen LogP contribution >= 0.6 is 34.3 Å². The second kappa shape index (κ2) is 4.51. The molecule has 0 bridgehead atoms. The molecule has 0 radical (unpaired) electrons. The maximum Gasteiger partial charge on any atom is 0.181 e. The van der Waals surface area contributed by atoms with Crippen LogP contribution in [0.1, 0.15) is 23.3 Å². The molecule has 0 atom stereocenters. The van der Waals surface area contributed by atoms with Crippen molar-refractivity contribution in [1.82, 2.24) is 15.0 Å². The minimum atomic E-state index is 0.576. The minimum Gasteiger partial charge on any atom is -0.241 e. The lowest BCUT2D eigenvalue weighted by Crippen LogP contribution is -1.98. The number of halogens is 1. The molecule has 0 unspecified atom stereocenters. The summed E-state index contributed by atoms with van der Waals surface area (Å²) in [5.74, 6) is 0.636. The zero-order valence-corrected chi connectivity index (χ0v) is 12.4.